The zero-order valence-corrected chi connectivity index (χ0v) is 11.9. The summed E-state index contributed by atoms with van der Waals surface area (Å²) < 4.78 is 0. The van der Waals surface area contributed by atoms with Crippen molar-refractivity contribution in [2.24, 2.45) is 5.92 Å². The SMILES string of the molecule is CNCC(Cc1ccccc1)Cc1ccc(C)cc1. The average Bonchev–Trinajstić information content (AvgIpc) is 2.43. The number of hydrogen-bond donors (Lipinski definition) is 1. The van der Waals surface area contributed by atoms with Gasteiger partial charge in [-0.1, -0.05) is 60.2 Å². The Kier molecular flexibility index (Phi) is 5.17. The van der Waals surface area contributed by atoms with E-state index in [1.807, 2.05) is 7.05 Å². The monoisotopic (exact) mass is 253 g/mol. The van der Waals surface area contributed by atoms with Crippen molar-refractivity contribution in [3.05, 3.63) is 71.3 Å². The van der Waals surface area contributed by atoms with Crippen molar-refractivity contribution < 1.29 is 0 Å². The van der Waals surface area contributed by atoms with Crippen LogP contribution >= 0.6 is 0 Å². The zero-order chi connectivity index (χ0) is 13.5. The first-order valence-electron chi connectivity index (χ1n) is 7.02. The second-order valence-corrected chi connectivity index (χ2v) is 5.30. The van der Waals surface area contributed by atoms with Crippen LogP contribution in [0.1, 0.15) is 16.7 Å². The predicted octanol–water partition coefficient (Wildman–Crippen LogP) is 3.62. The van der Waals surface area contributed by atoms with Crippen molar-refractivity contribution in [3.63, 3.8) is 0 Å². The highest BCUT2D eigenvalue weighted by Gasteiger charge is 2.09. The normalized spacial score (nSPS) is 12.3. The Hall–Kier alpha value is -1.60. The van der Waals surface area contributed by atoms with Gasteiger partial charge in [-0.2, -0.15) is 0 Å². The molecule has 19 heavy (non-hydrogen) atoms. The summed E-state index contributed by atoms with van der Waals surface area (Å²) in [7, 11) is 2.03. The molecule has 0 aliphatic heterocycles. The molecule has 0 radical (unpaired) electrons. The molecule has 1 heteroatoms. The van der Waals surface area contributed by atoms with Gasteiger partial charge < -0.3 is 5.32 Å². The van der Waals surface area contributed by atoms with Crippen LogP contribution in [0.5, 0.6) is 0 Å². The van der Waals surface area contributed by atoms with Crippen LogP contribution in [0.15, 0.2) is 54.6 Å². The molecule has 2 rings (SSSR count). The first kappa shape index (κ1) is 13.8. The summed E-state index contributed by atoms with van der Waals surface area (Å²) in [4.78, 5) is 0. The van der Waals surface area contributed by atoms with Gasteiger partial charge in [-0.3, -0.25) is 0 Å². The maximum Gasteiger partial charge on any atom is -0.00172 e. The second-order valence-electron chi connectivity index (χ2n) is 5.30. The summed E-state index contributed by atoms with van der Waals surface area (Å²) in [6.45, 7) is 3.20. The molecule has 1 nitrogen and oxygen atoms in total. The van der Waals surface area contributed by atoms with Crippen LogP contribution < -0.4 is 5.32 Å². The van der Waals surface area contributed by atoms with Gasteiger partial charge in [0.1, 0.15) is 0 Å². The lowest BCUT2D eigenvalue weighted by molar-refractivity contribution is 0.493. The molecule has 0 aliphatic carbocycles. The third kappa shape index (κ3) is 4.53. The van der Waals surface area contributed by atoms with E-state index in [4.69, 9.17) is 0 Å². The van der Waals surface area contributed by atoms with E-state index in [2.05, 4.69) is 66.8 Å². The Balaban J connectivity index is 2.01. The zero-order valence-electron chi connectivity index (χ0n) is 11.9. The van der Waals surface area contributed by atoms with Gasteiger partial charge in [0, 0.05) is 0 Å². The quantitative estimate of drug-likeness (QED) is 0.829. The molecule has 1 unspecified atom stereocenters. The molecule has 2 aromatic carbocycles. The van der Waals surface area contributed by atoms with E-state index in [-0.39, 0.29) is 0 Å². The van der Waals surface area contributed by atoms with Gasteiger partial charge in [-0.25, -0.2) is 0 Å². The number of nitrogens with one attached hydrogen (secondary N) is 1. The Morgan fingerprint density at radius 3 is 2.00 bits per heavy atom. The molecular formula is C18H23N. The highest BCUT2D eigenvalue weighted by Crippen LogP contribution is 2.15. The van der Waals surface area contributed by atoms with Crippen LogP contribution in [0.2, 0.25) is 0 Å². The number of aryl methyl sites for hydroxylation is 1. The van der Waals surface area contributed by atoms with Crippen LogP contribution in [0, 0.1) is 12.8 Å². The smallest absolute Gasteiger partial charge is 0.00172 e. The summed E-state index contributed by atoms with van der Waals surface area (Å²) in [5.74, 6) is 0.648. The largest absolute Gasteiger partial charge is 0.319 e. The minimum atomic E-state index is 0.648. The minimum absolute atomic E-state index is 0.648. The summed E-state index contributed by atoms with van der Waals surface area (Å²) in [6, 6.07) is 19.7. The minimum Gasteiger partial charge on any atom is -0.319 e. The first-order chi connectivity index (χ1) is 9.28. The molecule has 0 amide bonds. The van der Waals surface area contributed by atoms with Crippen molar-refractivity contribution in [1.29, 1.82) is 0 Å². The van der Waals surface area contributed by atoms with Crippen LogP contribution in [0.4, 0.5) is 0 Å². The topological polar surface area (TPSA) is 12.0 Å². The van der Waals surface area contributed by atoms with Crippen LogP contribution in [0.3, 0.4) is 0 Å². The number of rotatable bonds is 6. The molecule has 2 aromatic rings. The van der Waals surface area contributed by atoms with Crippen LogP contribution in [-0.4, -0.2) is 13.6 Å². The molecule has 0 aliphatic rings. The summed E-state index contributed by atoms with van der Waals surface area (Å²) >= 11 is 0. The van der Waals surface area contributed by atoms with E-state index < -0.39 is 0 Å². The van der Waals surface area contributed by atoms with Gasteiger partial charge in [0.05, 0.1) is 0 Å². The Bertz CT molecular complexity index is 473. The molecular weight excluding hydrogens is 230 g/mol. The molecule has 0 heterocycles. The first-order valence-corrected chi connectivity index (χ1v) is 7.02. The Labute approximate surface area is 116 Å². The van der Waals surface area contributed by atoms with Gasteiger partial charge in [-0.15, -0.1) is 0 Å². The molecule has 1 atom stereocenters. The average molecular weight is 253 g/mol. The fraction of sp³-hybridized carbons (Fsp3) is 0.333. The maximum atomic E-state index is 3.32. The maximum absolute atomic E-state index is 3.32. The lowest BCUT2D eigenvalue weighted by Crippen LogP contribution is -2.22. The van der Waals surface area contributed by atoms with E-state index in [1.54, 1.807) is 0 Å². The van der Waals surface area contributed by atoms with Crippen molar-refractivity contribution >= 4 is 0 Å². The Morgan fingerprint density at radius 2 is 1.42 bits per heavy atom. The molecule has 0 bridgehead atoms. The molecule has 0 saturated carbocycles. The standard InChI is InChI=1S/C18H23N/c1-15-8-10-17(11-9-15)13-18(14-19-2)12-16-6-4-3-5-7-16/h3-11,18-19H,12-14H2,1-2H3. The third-order valence-corrected chi connectivity index (χ3v) is 3.50. The molecule has 0 fully saturated rings. The van der Waals surface area contributed by atoms with E-state index in [9.17, 15) is 0 Å². The van der Waals surface area contributed by atoms with Gasteiger partial charge in [0.2, 0.25) is 0 Å². The van der Waals surface area contributed by atoms with Crippen molar-refractivity contribution in [2.45, 2.75) is 19.8 Å². The van der Waals surface area contributed by atoms with Gasteiger partial charge >= 0.3 is 0 Å². The van der Waals surface area contributed by atoms with Crippen molar-refractivity contribution in [2.75, 3.05) is 13.6 Å². The lowest BCUT2D eigenvalue weighted by atomic mass is 9.92. The fourth-order valence-corrected chi connectivity index (χ4v) is 2.51. The lowest BCUT2D eigenvalue weighted by Gasteiger charge is -2.17. The van der Waals surface area contributed by atoms with Crippen molar-refractivity contribution in [1.82, 2.24) is 5.32 Å². The third-order valence-electron chi connectivity index (χ3n) is 3.50. The van der Waals surface area contributed by atoms with Gasteiger partial charge in [0.25, 0.3) is 0 Å². The van der Waals surface area contributed by atoms with Gasteiger partial charge in [-0.05, 0) is 50.4 Å². The van der Waals surface area contributed by atoms with E-state index >= 15 is 0 Å². The highest BCUT2D eigenvalue weighted by atomic mass is 14.8. The van der Waals surface area contributed by atoms with E-state index in [1.165, 1.54) is 16.7 Å². The molecule has 100 valence electrons. The van der Waals surface area contributed by atoms with Crippen LogP contribution in [-0.2, 0) is 12.8 Å². The predicted molar refractivity (Wildman–Crippen MR) is 82.4 cm³/mol. The summed E-state index contributed by atoms with van der Waals surface area (Å²) in [6.07, 6.45) is 2.27. The molecule has 0 saturated heterocycles. The second kappa shape index (κ2) is 7.10. The number of benzene rings is 2. The number of hydrogen-bond acceptors (Lipinski definition) is 1. The molecule has 0 aromatic heterocycles. The van der Waals surface area contributed by atoms with Crippen molar-refractivity contribution in [3.8, 4) is 0 Å². The molecule has 0 spiro atoms. The summed E-state index contributed by atoms with van der Waals surface area (Å²) in [5.41, 5.74) is 4.19. The summed E-state index contributed by atoms with van der Waals surface area (Å²) in [5, 5.41) is 3.32. The molecule has 1 N–H and O–H groups in total. The highest BCUT2D eigenvalue weighted by molar-refractivity contribution is 5.22. The van der Waals surface area contributed by atoms with E-state index in [0.717, 1.165) is 19.4 Å². The fourth-order valence-electron chi connectivity index (χ4n) is 2.51. The Morgan fingerprint density at radius 1 is 0.842 bits per heavy atom. The van der Waals surface area contributed by atoms with Gasteiger partial charge in [0.15, 0.2) is 0 Å². The van der Waals surface area contributed by atoms with E-state index in [0.29, 0.717) is 5.92 Å². The van der Waals surface area contributed by atoms with Crippen LogP contribution in [0.25, 0.3) is 0 Å².